The van der Waals surface area contributed by atoms with Crippen LogP contribution in [0.4, 0.5) is 0 Å². The molecule has 2 aliphatic heterocycles. The maximum absolute atomic E-state index is 12.0. The van der Waals surface area contributed by atoms with Gasteiger partial charge in [-0.1, -0.05) is 6.42 Å². The number of rotatable bonds is 2. The molecule has 4 heteroatoms. The number of ether oxygens (including phenoxy) is 1. The topological polar surface area (TPSA) is 50.4 Å². The maximum atomic E-state index is 12.0. The van der Waals surface area contributed by atoms with E-state index in [-0.39, 0.29) is 17.5 Å². The van der Waals surface area contributed by atoms with Crippen LogP contribution in [0.1, 0.15) is 39.0 Å². The molecule has 0 radical (unpaired) electrons. The summed E-state index contributed by atoms with van der Waals surface area (Å²) in [7, 11) is 0. The average molecular weight is 226 g/mol. The van der Waals surface area contributed by atoms with E-state index in [1.165, 1.54) is 6.42 Å². The molecule has 0 aromatic heterocycles. The van der Waals surface area contributed by atoms with Crippen LogP contribution in [0, 0.1) is 0 Å². The SMILES string of the molecule is CC1(NC(=O)[C@@H]2CCCCN2)CCCOC1. The molecular weight excluding hydrogens is 204 g/mol. The Kier molecular flexibility index (Phi) is 3.82. The van der Waals surface area contributed by atoms with E-state index in [0.29, 0.717) is 6.61 Å². The summed E-state index contributed by atoms with van der Waals surface area (Å²) in [5.41, 5.74) is -0.158. The molecule has 0 spiro atoms. The highest BCUT2D eigenvalue weighted by atomic mass is 16.5. The summed E-state index contributed by atoms with van der Waals surface area (Å²) in [6.45, 7) is 4.51. The molecule has 2 atom stereocenters. The Hall–Kier alpha value is -0.610. The number of piperidine rings is 1. The molecule has 0 saturated carbocycles. The van der Waals surface area contributed by atoms with E-state index in [1.54, 1.807) is 0 Å². The molecular formula is C12H22N2O2. The van der Waals surface area contributed by atoms with Crippen molar-refractivity contribution in [2.75, 3.05) is 19.8 Å². The largest absolute Gasteiger partial charge is 0.379 e. The molecule has 0 aliphatic carbocycles. The normalized spacial score (nSPS) is 35.7. The minimum absolute atomic E-state index is 0.00695. The lowest BCUT2D eigenvalue weighted by atomic mass is 9.93. The van der Waals surface area contributed by atoms with Crippen LogP contribution in [0.25, 0.3) is 0 Å². The predicted molar refractivity (Wildman–Crippen MR) is 62.2 cm³/mol. The molecule has 0 bridgehead atoms. The Bertz CT molecular complexity index is 243. The van der Waals surface area contributed by atoms with Crippen LogP contribution < -0.4 is 10.6 Å². The lowest BCUT2D eigenvalue weighted by Crippen LogP contribution is -2.57. The van der Waals surface area contributed by atoms with Crippen molar-refractivity contribution in [1.82, 2.24) is 10.6 Å². The molecule has 1 unspecified atom stereocenters. The molecule has 0 aromatic carbocycles. The first kappa shape index (κ1) is 11.9. The van der Waals surface area contributed by atoms with Gasteiger partial charge in [-0.2, -0.15) is 0 Å². The molecule has 2 aliphatic rings. The molecule has 4 nitrogen and oxygen atoms in total. The van der Waals surface area contributed by atoms with Gasteiger partial charge in [-0.3, -0.25) is 4.79 Å². The first-order valence-corrected chi connectivity index (χ1v) is 6.33. The van der Waals surface area contributed by atoms with Crippen molar-refractivity contribution in [1.29, 1.82) is 0 Å². The van der Waals surface area contributed by atoms with Crippen LogP contribution in [-0.2, 0) is 9.53 Å². The van der Waals surface area contributed by atoms with Crippen molar-refractivity contribution in [3.05, 3.63) is 0 Å². The van der Waals surface area contributed by atoms with Gasteiger partial charge in [0.1, 0.15) is 0 Å². The molecule has 92 valence electrons. The van der Waals surface area contributed by atoms with Gasteiger partial charge in [0.2, 0.25) is 5.91 Å². The van der Waals surface area contributed by atoms with E-state index < -0.39 is 0 Å². The standard InChI is InChI=1S/C12H22N2O2/c1-12(6-4-8-16-9-12)14-11(15)10-5-2-3-7-13-10/h10,13H,2-9H2,1H3,(H,14,15)/t10-,12?/m0/s1. The zero-order valence-corrected chi connectivity index (χ0v) is 10.1. The third kappa shape index (κ3) is 2.95. The van der Waals surface area contributed by atoms with Gasteiger partial charge in [0, 0.05) is 6.61 Å². The Labute approximate surface area is 97.1 Å². The molecule has 2 N–H and O–H groups in total. The van der Waals surface area contributed by atoms with E-state index in [2.05, 4.69) is 17.6 Å². The Morgan fingerprint density at radius 1 is 1.44 bits per heavy atom. The summed E-state index contributed by atoms with van der Waals surface area (Å²) in [5, 5.41) is 6.41. The van der Waals surface area contributed by atoms with Gasteiger partial charge < -0.3 is 15.4 Å². The van der Waals surface area contributed by atoms with E-state index in [1.807, 2.05) is 0 Å². The van der Waals surface area contributed by atoms with E-state index in [0.717, 1.165) is 38.8 Å². The summed E-state index contributed by atoms with van der Waals surface area (Å²) in [6, 6.07) is 0.00695. The Balaban J connectivity index is 1.85. The first-order valence-electron chi connectivity index (χ1n) is 6.33. The molecule has 16 heavy (non-hydrogen) atoms. The van der Waals surface area contributed by atoms with Crippen LogP contribution in [0.2, 0.25) is 0 Å². The number of hydrogen-bond donors (Lipinski definition) is 2. The summed E-state index contributed by atoms with van der Waals surface area (Å²) < 4.78 is 5.44. The molecule has 2 saturated heterocycles. The van der Waals surface area contributed by atoms with Crippen molar-refractivity contribution >= 4 is 5.91 Å². The van der Waals surface area contributed by atoms with E-state index >= 15 is 0 Å². The lowest BCUT2D eigenvalue weighted by Gasteiger charge is -2.36. The number of carbonyl (C=O) groups excluding carboxylic acids is 1. The number of hydrogen-bond acceptors (Lipinski definition) is 3. The van der Waals surface area contributed by atoms with Crippen molar-refractivity contribution in [3.8, 4) is 0 Å². The molecule has 2 rings (SSSR count). The summed E-state index contributed by atoms with van der Waals surface area (Å²) in [6.07, 6.45) is 5.35. The first-order chi connectivity index (χ1) is 7.70. The van der Waals surface area contributed by atoms with Crippen LogP contribution in [0.3, 0.4) is 0 Å². The molecule has 1 amide bonds. The quantitative estimate of drug-likeness (QED) is 0.732. The Morgan fingerprint density at radius 3 is 2.94 bits per heavy atom. The number of amides is 1. The predicted octanol–water partition coefficient (Wildman–Crippen LogP) is 0.814. The third-order valence-electron chi connectivity index (χ3n) is 3.49. The highest BCUT2D eigenvalue weighted by Crippen LogP contribution is 2.19. The van der Waals surface area contributed by atoms with Gasteiger partial charge >= 0.3 is 0 Å². The van der Waals surface area contributed by atoms with E-state index in [4.69, 9.17) is 4.74 Å². The van der Waals surface area contributed by atoms with Crippen molar-refractivity contribution in [2.45, 2.75) is 50.6 Å². The fraction of sp³-hybridized carbons (Fsp3) is 0.917. The second kappa shape index (κ2) is 5.15. The fourth-order valence-electron chi connectivity index (χ4n) is 2.49. The van der Waals surface area contributed by atoms with Crippen LogP contribution >= 0.6 is 0 Å². The highest BCUT2D eigenvalue weighted by Gasteiger charge is 2.32. The van der Waals surface area contributed by atoms with Crippen LogP contribution in [-0.4, -0.2) is 37.2 Å². The average Bonchev–Trinajstić information content (AvgIpc) is 2.30. The summed E-state index contributed by atoms with van der Waals surface area (Å²) in [4.78, 5) is 12.0. The smallest absolute Gasteiger partial charge is 0.237 e. The Morgan fingerprint density at radius 2 is 2.31 bits per heavy atom. The van der Waals surface area contributed by atoms with Crippen molar-refractivity contribution in [2.24, 2.45) is 0 Å². The number of nitrogens with one attached hydrogen (secondary N) is 2. The van der Waals surface area contributed by atoms with Gasteiger partial charge in [-0.05, 0) is 39.2 Å². The minimum Gasteiger partial charge on any atom is -0.379 e. The van der Waals surface area contributed by atoms with Gasteiger partial charge in [0.05, 0.1) is 18.2 Å². The number of carbonyl (C=O) groups is 1. The summed E-state index contributed by atoms with van der Waals surface area (Å²) in [5.74, 6) is 0.146. The second-order valence-electron chi connectivity index (χ2n) is 5.21. The van der Waals surface area contributed by atoms with Crippen molar-refractivity contribution in [3.63, 3.8) is 0 Å². The lowest BCUT2D eigenvalue weighted by molar-refractivity contribution is -0.127. The molecule has 2 heterocycles. The maximum Gasteiger partial charge on any atom is 0.237 e. The highest BCUT2D eigenvalue weighted by molar-refractivity contribution is 5.82. The van der Waals surface area contributed by atoms with Gasteiger partial charge in [-0.15, -0.1) is 0 Å². The third-order valence-corrected chi connectivity index (χ3v) is 3.49. The van der Waals surface area contributed by atoms with Gasteiger partial charge in [0.15, 0.2) is 0 Å². The zero-order chi connectivity index (χ0) is 11.4. The van der Waals surface area contributed by atoms with Gasteiger partial charge in [0.25, 0.3) is 0 Å². The molecule has 0 aromatic rings. The van der Waals surface area contributed by atoms with Crippen LogP contribution in [0.5, 0.6) is 0 Å². The van der Waals surface area contributed by atoms with Crippen LogP contribution in [0.15, 0.2) is 0 Å². The molecule has 2 fully saturated rings. The van der Waals surface area contributed by atoms with Crippen molar-refractivity contribution < 1.29 is 9.53 Å². The van der Waals surface area contributed by atoms with Gasteiger partial charge in [-0.25, -0.2) is 0 Å². The zero-order valence-electron chi connectivity index (χ0n) is 10.1. The fourth-order valence-corrected chi connectivity index (χ4v) is 2.49. The summed E-state index contributed by atoms with van der Waals surface area (Å²) >= 11 is 0. The second-order valence-corrected chi connectivity index (χ2v) is 5.21. The minimum atomic E-state index is -0.158. The van der Waals surface area contributed by atoms with E-state index in [9.17, 15) is 4.79 Å². The monoisotopic (exact) mass is 226 g/mol.